The molecular formula is C20H15ClN2O3S. The predicted octanol–water partition coefficient (Wildman–Crippen LogP) is 4.36. The average Bonchev–Trinajstić information content (AvgIpc) is 2.98. The van der Waals surface area contributed by atoms with Crippen LogP contribution in [0.3, 0.4) is 0 Å². The van der Waals surface area contributed by atoms with Gasteiger partial charge in [-0.15, -0.1) is 0 Å². The maximum absolute atomic E-state index is 11.7. The Morgan fingerprint density at radius 2 is 2.00 bits per heavy atom. The van der Waals surface area contributed by atoms with Crippen LogP contribution in [0.4, 0.5) is 4.79 Å². The lowest BCUT2D eigenvalue weighted by atomic mass is 10.1. The first kappa shape index (κ1) is 17.8. The lowest BCUT2D eigenvalue weighted by Gasteiger charge is -2.10. The number of benzene rings is 2. The topological polar surface area (TPSA) is 68.3 Å². The molecule has 7 heteroatoms. The molecule has 4 rings (SSSR count). The molecule has 1 aromatic heterocycles. The Balaban J connectivity index is 1.48. The Morgan fingerprint density at radius 1 is 1.15 bits per heavy atom. The normalized spacial score (nSPS) is 16.6. The number of ether oxygens (including phenoxy) is 1. The number of aromatic nitrogens is 1. The van der Waals surface area contributed by atoms with Gasteiger partial charge in [-0.05, 0) is 36.2 Å². The van der Waals surface area contributed by atoms with Gasteiger partial charge in [0.2, 0.25) is 5.91 Å². The number of thioether (sulfide) groups is 1. The van der Waals surface area contributed by atoms with E-state index in [-0.39, 0.29) is 11.1 Å². The van der Waals surface area contributed by atoms with Crippen LogP contribution in [0, 0.1) is 0 Å². The second kappa shape index (κ2) is 7.58. The highest BCUT2D eigenvalue weighted by Gasteiger charge is 2.31. The molecule has 1 fully saturated rings. The number of fused-ring (bicyclic) bond motifs is 1. The number of halogens is 1. The number of pyridine rings is 1. The zero-order valence-corrected chi connectivity index (χ0v) is 15.7. The van der Waals surface area contributed by atoms with Gasteiger partial charge in [-0.2, -0.15) is 0 Å². The van der Waals surface area contributed by atoms with E-state index in [9.17, 15) is 9.59 Å². The maximum Gasteiger partial charge on any atom is 0.286 e. The van der Waals surface area contributed by atoms with Crippen molar-refractivity contribution in [2.75, 3.05) is 0 Å². The first-order valence-corrected chi connectivity index (χ1v) is 9.60. The van der Waals surface area contributed by atoms with Crippen molar-refractivity contribution in [1.82, 2.24) is 10.3 Å². The van der Waals surface area contributed by atoms with E-state index in [1.165, 1.54) is 0 Å². The molecule has 1 atom stereocenters. The zero-order valence-electron chi connectivity index (χ0n) is 14.1. The number of imide groups is 1. The summed E-state index contributed by atoms with van der Waals surface area (Å²) in [6, 6.07) is 15.2. The van der Waals surface area contributed by atoms with E-state index in [4.69, 9.17) is 16.3 Å². The van der Waals surface area contributed by atoms with Crippen LogP contribution in [0.1, 0.15) is 11.1 Å². The molecule has 0 spiro atoms. The standard InChI is InChI=1S/C20H15ClN2O3S/c21-16-4-2-1-3-14(16)11-26-15-6-5-13-7-12(10-22-17(13)9-15)8-18-19(24)23-20(25)27-18/h1-7,9-10,18H,8,11H2,(H,23,24,25). The Kier molecular flexibility index (Phi) is 5.01. The molecule has 136 valence electrons. The van der Waals surface area contributed by atoms with Gasteiger partial charge in [0.05, 0.1) is 10.8 Å². The summed E-state index contributed by atoms with van der Waals surface area (Å²) in [5, 5.41) is 3.24. The van der Waals surface area contributed by atoms with Gasteiger partial charge in [-0.25, -0.2) is 0 Å². The van der Waals surface area contributed by atoms with Crippen molar-refractivity contribution >= 4 is 45.4 Å². The third-order valence-corrected chi connectivity index (χ3v) is 5.60. The summed E-state index contributed by atoms with van der Waals surface area (Å²) in [5.41, 5.74) is 2.63. The molecule has 1 saturated heterocycles. The van der Waals surface area contributed by atoms with Gasteiger partial charge in [-0.1, -0.05) is 41.6 Å². The van der Waals surface area contributed by atoms with Gasteiger partial charge in [0.25, 0.3) is 5.24 Å². The van der Waals surface area contributed by atoms with E-state index in [1.54, 1.807) is 6.20 Å². The molecule has 2 aromatic carbocycles. The van der Waals surface area contributed by atoms with Crippen LogP contribution in [-0.2, 0) is 17.8 Å². The summed E-state index contributed by atoms with van der Waals surface area (Å²) in [4.78, 5) is 27.5. The van der Waals surface area contributed by atoms with Crippen molar-refractivity contribution in [2.45, 2.75) is 18.3 Å². The van der Waals surface area contributed by atoms with Crippen LogP contribution >= 0.6 is 23.4 Å². The quantitative estimate of drug-likeness (QED) is 0.691. The van der Waals surface area contributed by atoms with Crippen molar-refractivity contribution in [3.8, 4) is 5.75 Å². The third kappa shape index (κ3) is 4.07. The van der Waals surface area contributed by atoms with Gasteiger partial charge >= 0.3 is 0 Å². The molecule has 1 aliphatic rings. The van der Waals surface area contributed by atoms with Gasteiger partial charge in [0, 0.05) is 28.2 Å². The van der Waals surface area contributed by atoms with E-state index >= 15 is 0 Å². The number of amides is 2. The molecule has 0 bridgehead atoms. The third-order valence-electron chi connectivity index (χ3n) is 4.25. The van der Waals surface area contributed by atoms with E-state index < -0.39 is 5.25 Å². The fourth-order valence-corrected chi connectivity index (χ4v) is 3.92. The van der Waals surface area contributed by atoms with E-state index in [0.717, 1.165) is 33.8 Å². The SMILES string of the molecule is O=C1NC(=O)C(Cc2cnc3cc(OCc4ccccc4Cl)ccc3c2)S1. The van der Waals surface area contributed by atoms with Crippen molar-refractivity contribution in [1.29, 1.82) is 0 Å². The van der Waals surface area contributed by atoms with Crippen LogP contribution in [0.5, 0.6) is 5.75 Å². The fourth-order valence-electron chi connectivity index (χ4n) is 2.87. The van der Waals surface area contributed by atoms with Crippen LogP contribution in [0.25, 0.3) is 10.9 Å². The largest absolute Gasteiger partial charge is 0.489 e. The van der Waals surface area contributed by atoms with Crippen molar-refractivity contribution in [3.63, 3.8) is 0 Å². The zero-order chi connectivity index (χ0) is 18.8. The summed E-state index contributed by atoms with van der Waals surface area (Å²) in [7, 11) is 0. The minimum atomic E-state index is -0.394. The van der Waals surface area contributed by atoms with Crippen molar-refractivity contribution in [2.24, 2.45) is 0 Å². The number of rotatable bonds is 5. The van der Waals surface area contributed by atoms with Crippen LogP contribution in [0.15, 0.2) is 54.7 Å². The maximum atomic E-state index is 11.7. The lowest BCUT2D eigenvalue weighted by molar-refractivity contribution is -0.118. The number of nitrogens with zero attached hydrogens (tertiary/aromatic N) is 1. The second-order valence-corrected chi connectivity index (χ2v) is 7.75. The summed E-state index contributed by atoms with van der Waals surface area (Å²) < 4.78 is 5.83. The minimum absolute atomic E-state index is 0.242. The Labute approximate surface area is 165 Å². The monoisotopic (exact) mass is 398 g/mol. The Morgan fingerprint density at radius 3 is 2.78 bits per heavy atom. The van der Waals surface area contributed by atoms with E-state index in [1.807, 2.05) is 48.5 Å². The molecule has 27 heavy (non-hydrogen) atoms. The molecule has 1 aliphatic heterocycles. The second-order valence-electron chi connectivity index (χ2n) is 6.17. The first-order valence-electron chi connectivity index (χ1n) is 8.35. The molecule has 1 N–H and O–H groups in total. The van der Waals surface area contributed by atoms with Gasteiger partial charge < -0.3 is 4.74 Å². The highest BCUT2D eigenvalue weighted by atomic mass is 35.5. The molecule has 3 aromatic rings. The fraction of sp³-hybridized carbons (Fsp3) is 0.150. The molecule has 1 unspecified atom stereocenters. The Bertz CT molecular complexity index is 1040. The molecule has 5 nitrogen and oxygen atoms in total. The number of carbonyl (C=O) groups excluding carboxylic acids is 2. The average molecular weight is 399 g/mol. The molecule has 0 aliphatic carbocycles. The predicted molar refractivity (Wildman–Crippen MR) is 106 cm³/mol. The summed E-state index contributed by atoms with van der Waals surface area (Å²) >= 11 is 7.17. The number of nitrogens with one attached hydrogen (secondary N) is 1. The summed E-state index contributed by atoms with van der Waals surface area (Å²) in [5.74, 6) is 0.465. The van der Waals surface area contributed by atoms with Crippen LogP contribution in [0.2, 0.25) is 5.02 Å². The lowest BCUT2D eigenvalue weighted by Crippen LogP contribution is -2.25. The minimum Gasteiger partial charge on any atom is -0.489 e. The van der Waals surface area contributed by atoms with Crippen molar-refractivity contribution in [3.05, 3.63) is 70.9 Å². The Hall–Kier alpha value is -2.57. The highest BCUT2D eigenvalue weighted by Crippen LogP contribution is 2.26. The molecule has 0 radical (unpaired) electrons. The molecule has 2 amide bonds. The summed E-state index contributed by atoms with van der Waals surface area (Å²) in [6.07, 6.45) is 2.20. The van der Waals surface area contributed by atoms with Gasteiger partial charge in [-0.3, -0.25) is 19.9 Å². The van der Waals surface area contributed by atoms with Crippen molar-refractivity contribution < 1.29 is 14.3 Å². The smallest absolute Gasteiger partial charge is 0.286 e. The highest BCUT2D eigenvalue weighted by molar-refractivity contribution is 8.15. The van der Waals surface area contributed by atoms with E-state index in [2.05, 4.69) is 10.3 Å². The summed E-state index contributed by atoms with van der Waals surface area (Å²) in [6.45, 7) is 0.380. The molecule has 2 heterocycles. The first-order chi connectivity index (χ1) is 13.1. The number of hydrogen-bond donors (Lipinski definition) is 1. The van der Waals surface area contributed by atoms with Gasteiger partial charge in [0.1, 0.15) is 12.4 Å². The molecule has 0 saturated carbocycles. The van der Waals surface area contributed by atoms with E-state index in [0.29, 0.717) is 23.8 Å². The van der Waals surface area contributed by atoms with Crippen LogP contribution in [-0.4, -0.2) is 21.4 Å². The van der Waals surface area contributed by atoms with Crippen LogP contribution < -0.4 is 10.1 Å². The number of carbonyl (C=O) groups is 2. The van der Waals surface area contributed by atoms with Gasteiger partial charge in [0.15, 0.2) is 0 Å². The number of hydrogen-bond acceptors (Lipinski definition) is 5. The molecular weight excluding hydrogens is 384 g/mol.